The van der Waals surface area contributed by atoms with Crippen molar-refractivity contribution >= 4 is 56.0 Å². The molecule has 2 N–H and O–H groups in total. The van der Waals surface area contributed by atoms with Gasteiger partial charge in [0, 0.05) is 22.2 Å². The minimum absolute atomic E-state index is 0.105. The molecule has 0 bridgehead atoms. The number of nitrogens with two attached hydrogens (primary N) is 1. The van der Waals surface area contributed by atoms with Crippen LogP contribution >= 0.6 is 34.5 Å². The SMILES string of the molecule is CC1(c2cccc(-c3ccnc4c(C(=O)c5cccs5)cnn34)c2)C(Cl)=CC=C(S(N)(=O)=O)C1Cl. The molecule has 1 aliphatic carbocycles. The number of ketones is 1. The molecule has 0 aliphatic heterocycles. The summed E-state index contributed by atoms with van der Waals surface area (Å²) in [4.78, 5) is 17.8. The minimum Gasteiger partial charge on any atom is -0.287 e. The standard InChI is InChI=1S/C24H18Cl2N4O3S2/c1-24(20(25)8-7-19(22(24)26)35(27,32)33)15-5-2-4-14(12-15)17-9-10-28-23-16(13-29-30(17)23)21(31)18-6-3-11-34-18/h2-13,22H,1H3,(H2,27,32,33). The molecule has 2 unspecified atom stereocenters. The van der Waals surface area contributed by atoms with Crippen molar-refractivity contribution in [2.75, 3.05) is 0 Å². The highest BCUT2D eigenvalue weighted by Crippen LogP contribution is 2.47. The first-order valence-corrected chi connectivity index (χ1v) is 13.6. The summed E-state index contributed by atoms with van der Waals surface area (Å²) in [6, 6.07) is 12.8. The van der Waals surface area contributed by atoms with E-state index < -0.39 is 20.8 Å². The number of aromatic nitrogens is 3. The van der Waals surface area contributed by atoms with Crippen LogP contribution in [-0.2, 0) is 15.4 Å². The maximum absolute atomic E-state index is 12.9. The molecule has 0 saturated heterocycles. The molecule has 0 spiro atoms. The van der Waals surface area contributed by atoms with Crippen molar-refractivity contribution in [2.24, 2.45) is 5.14 Å². The van der Waals surface area contributed by atoms with Gasteiger partial charge in [-0.05, 0) is 48.2 Å². The number of sulfonamides is 1. The second kappa shape index (κ2) is 8.69. The van der Waals surface area contributed by atoms with Crippen molar-refractivity contribution in [3.8, 4) is 11.3 Å². The van der Waals surface area contributed by atoms with Gasteiger partial charge in [0.05, 0.1) is 32.6 Å². The number of hydrogen-bond acceptors (Lipinski definition) is 6. The number of alkyl halides is 1. The largest absolute Gasteiger partial charge is 0.287 e. The van der Waals surface area contributed by atoms with Gasteiger partial charge in [0.1, 0.15) is 0 Å². The third kappa shape index (κ3) is 3.93. The van der Waals surface area contributed by atoms with Crippen LogP contribution in [0.3, 0.4) is 0 Å². The van der Waals surface area contributed by atoms with Crippen molar-refractivity contribution in [1.82, 2.24) is 14.6 Å². The van der Waals surface area contributed by atoms with Crippen molar-refractivity contribution in [2.45, 2.75) is 17.7 Å². The molecule has 3 aromatic heterocycles. The van der Waals surface area contributed by atoms with Gasteiger partial charge in [0.25, 0.3) is 0 Å². The lowest BCUT2D eigenvalue weighted by Gasteiger charge is -2.37. The Morgan fingerprint density at radius 2 is 2.00 bits per heavy atom. The predicted molar refractivity (Wildman–Crippen MR) is 138 cm³/mol. The molecule has 7 nitrogen and oxygen atoms in total. The quantitative estimate of drug-likeness (QED) is 0.285. The number of hydrogen-bond donors (Lipinski definition) is 1. The number of primary sulfonamides is 1. The maximum Gasteiger partial charge on any atom is 0.235 e. The van der Waals surface area contributed by atoms with E-state index in [1.165, 1.54) is 29.7 Å². The zero-order chi connectivity index (χ0) is 25.0. The molecule has 3 heterocycles. The Bertz CT molecular complexity index is 1640. The summed E-state index contributed by atoms with van der Waals surface area (Å²) >= 11 is 14.6. The summed E-state index contributed by atoms with van der Waals surface area (Å²) in [5.41, 5.74) is 1.93. The van der Waals surface area contributed by atoms with Crippen LogP contribution in [-0.4, -0.2) is 34.2 Å². The topological polar surface area (TPSA) is 107 Å². The van der Waals surface area contributed by atoms with Gasteiger partial charge in [-0.2, -0.15) is 5.10 Å². The predicted octanol–water partition coefficient (Wildman–Crippen LogP) is 4.86. The molecule has 178 valence electrons. The van der Waals surface area contributed by atoms with Crippen molar-refractivity contribution in [3.63, 3.8) is 0 Å². The normalized spacial score (nSPS) is 20.5. The third-order valence-electron chi connectivity index (χ3n) is 6.12. The smallest absolute Gasteiger partial charge is 0.235 e. The molecule has 0 amide bonds. The number of carbonyl (C=O) groups is 1. The Labute approximate surface area is 215 Å². The van der Waals surface area contributed by atoms with E-state index in [4.69, 9.17) is 28.3 Å². The average Bonchev–Trinajstić information content (AvgIpc) is 3.52. The van der Waals surface area contributed by atoms with Gasteiger partial charge in [-0.1, -0.05) is 35.9 Å². The lowest BCUT2D eigenvalue weighted by atomic mass is 9.76. The number of benzene rings is 1. The zero-order valence-electron chi connectivity index (χ0n) is 18.2. The number of nitrogens with zero attached hydrogens (tertiary/aromatic N) is 3. The Morgan fingerprint density at radius 1 is 1.20 bits per heavy atom. The van der Waals surface area contributed by atoms with E-state index in [2.05, 4.69) is 10.1 Å². The molecule has 1 aliphatic rings. The molecule has 4 aromatic rings. The molecular formula is C24H18Cl2N4O3S2. The fourth-order valence-corrected chi connectivity index (χ4v) is 6.64. The summed E-state index contributed by atoms with van der Waals surface area (Å²) in [5.74, 6) is -0.146. The van der Waals surface area contributed by atoms with Gasteiger partial charge in [-0.15, -0.1) is 22.9 Å². The number of thiophene rings is 1. The molecule has 5 rings (SSSR count). The number of carbonyl (C=O) groups excluding carboxylic acids is 1. The molecule has 35 heavy (non-hydrogen) atoms. The van der Waals surface area contributed by atoms with E-state index in [1.54, 1.807) is 29.8 Å². The Morgan fingerprint density at radius 3 is 2.71 bits per heavy atom. The Kier molecular flexibility index (Phi) is 5.93. The van der Waals surface area contributed by atoms with Gasteiger partial charge in [0.2, 0.25) is 15.8 Å². The van der Waals surface area contributed by atoms with Gasteiger partial charge in [0.15, 0.2) is 5.65 Å². The Balaban J connectivity index is 1.61. The van der Waals surface area contributed by atoms with E-state index in [0.717, 1.165) is 5.56 Å². The number of halogens is 2. The number of allylic oxidation sites excluding steroid dienone is 4. The highest BCUT2D eigenvalue weighted by atomic mass is 35.5. The summed E-state index contributed by atoms with van der Waals surface area (Å²) in [7, 11) is -4.02. The second-order valence-corrected chi connectivity index (χ2v) is 11.6. The van der Waals surface area contributed by atoms with Crippen LogP contribution in [0.4, 0.5) is 0 Å². The van der Waals surface area contributed by atoms with Gasteiger partial charge < -0.3 is 0 Å². The van der Waals surface area contributed by atoms with Gasteiger partial charge in [-0.25, -0.2) is 23.1 Å². The molecule has 0 radical (unpaired) electrons. The first-order chi connectivity index (χ1) is 16.6. The highest BCUT2D eigenvalue weighted by Gasteiger charge is 2.44. The lowest BCUT2D eigenvalue weighted by molar-refractivity contribution is 0.104. The van der Waals surface area contributed by atoms with Crippen LogP contribution in [0.2, 0.25) is 0 Å². The fourth-order valence-electron chi connectivity index (χ4n) is 4.15. The zero-order valence-corrected chi connectivity index (χ0v) is 21.4. The van der Waals surface area contributed by atoms with Crippen molar-refractivity contribution in [3.05, 3.63) is 98.3 Å². The minimum atomic E-state index is -4.02. The van der Waals surface area contributed by atoms with E-state index in [-0.39, 0.29) is 10.7 Å². The molecule has 1 aromatic carbocycles. The van der Waals surface area contributed by atoms with Gasteiger partial charge in [-0.3, -0.25) is 4.79 Å². The molecule has 0 fully saturated rings. The van der Waals surface area contributed by atoms with E-state index >= 15 is 0 Å². The van der Waals surface area contributed by atoms with E-state index in [0.29, 0.717) is 32.4 Å². The molecule has 2 atom stereocenters. The average molecular weight is 545 g/mol. The van der Waals surface area contributed by atoms with Crippen LogP contribution in [0.15, 0.2) is 82.3 Å². The van der Waals surface area contributed by atoms with Crippen LogP contribution in [0.25, 0.3) is 16.9 Å². The van der Waals surface area contributed by atoms with Crippen molar-refractivity contribution in [1.29, 1.82) is 0 Å². The third-order valence-corrected chi connectivity index (χ3v) is 9.34. The van der Waals surface area contributed by atoms with E-state index in [1.807, 2.05) is 35.7 Å². The second-order valence-electron chi connectivity index (χ2n) is 8.20. The van der Waals surface area contributed by atoms with E-state index in [9.17, 15) is 13.2 Å². The first-order valence-electron chi connectivity index (χ1n) is 10.4. The summed E-state index contributed by atoms with van der Waals surface area (Å²) < 4.78 is 25.8. The molecule has 11 heteroatoms. The summed E-state index contributed by atoms with van der Waals surface area (Å²) in [6.45, 7) is 1.77. The van der Waals surface area contributed by atoms with Crippen molar-refractivity contribution < 1.29 is 13.2 Å². The van der Waals surface area contributed by atoms with Gasteiger partial charge >= 0.3 is 0 Å². The van der Waals surface area contributed by atoms with Crippen LogP contribution < -0.4 is 5.14 Å². The highest BCUT2D eigenvalue weighted by molar-refractivity contribution is 7.93. The van der Waals surface area contributed by atoms with Crippen LogP contribution in [0, 0.1) is 0 Å². The first kappa shape index (κ1) is 23.9. The fraction of sp³-hybridized carbons (Fsp3) is 0.125. The molecular weight excluding hydrogens is 527 g/mol. The maximum atomic E-state index is 12.9. The monoisotopic (exact) mass is 544 g/mol. The number of rotatable bonds is 5. The summed E-state index contributed by atoms with van der Waals surface area (Å²) in [6.07, 6.45) is 5.97. The number of fused-ring (bicyclic) bond motifs is 1. The van der Waals surface area contributed by atoms with Crippen LogP contribution in [0.1, 0.15) is 27.7 Å². The lowest BCUT2D eigenvalue weighted by Crippen LogP contribution is -2.40. The molecule has 0 saturated carbocycles. The Hall–Kier alpha value is -2.82. The summed E-state index contributed by atoms with van der Waals surface area (Å²) in [5, 5.41) is 11.0. The van der Waals surface area contributed by atoms with Crippen LogP contribution in [0.5, 0.6) is 0 Å².